The van der Waals surface area contributed by atoms with Gasteiger partial charge in [0.15, 0.2) is 0 Å². The molecule has 0 bridgehead atoms. The SMILES string of the molecule is COCC(C)OCc1ccc(CCN)cc1. The number of ether oxygens (including phenoxy) is 2. The number of rotatable bonds is 7. The summed E-state index contributed by atoms with van der Waals surface area (Å²) < 4.78 is 10.6. The second kappa shape index (κ2) is 7.39. The van der Waals surface area contributed by atoms with Crippen LogP contribution < -0.4 is 5.73 Å². The van der Waals surface area contributed by atoms with E-state index in [9.17, 15) is 0 Å². The molecular weight excluding hydrogens is 202 g/mol. The molecule has 0 fully saturated rings. The smallest absolute Gasteiger partial charge is 0.0784 e. The van der Waals surface area contributed by atoms with Crippen molar-refractivity contribution in [3.63, 3.8) is 0 Å². The fraction of sp³-hybridized carbons (Fsp3) is 0.538. The lowest BCUT2D eigenvalue weighted by atomic mass is 10.1. The topological polar surface area (TPSA) is 44.5 Å². The van der Waals surface area contributed by atoms with Gasteiger partial charge in [0.05, 0.1) is 19.3 Å². The summed E-state index contributed by atoms with van der Waals surface area (Å²) >= 11 is 0. The molecule has 0 aliphatic carbocycles. The van der Waals surface area contributed by atoms with Gasteiger partial charge in [-0.1, -0.05) is 24.3 Å². The second-order valence-electron chi connectivity index (χ2n) is 3.93. The fourth-order valence-electron chi connectivity index (χ4n) is 1.49. The van der Waals surface area contributed by atoms with Gasteiger partial charge in [0.2, 0.25) is 0 Å². The van der Waals surface area contributed by atoms with Crippen molar-refractivity contribution in [3.8, 4) is 0 Å². The Labute approximate surface area is 97.6 Å². The average Bonchev–Trinajstić information content (AvgIpc) is 2.29. The van der Waals surface area contributed by atoms with Gasteiger partial charge in [0.25, 0.3) is 0 Å². The van der Waals surface area contributed by atoms with Gasteiger partial charge in [0, 0.05) is 7.11 Å². The lowest BCUT2D eigenvalue weighted by Crippen LogP contribution is -2.14. The van der Waals surface area contributed by atoms with E-state index in [1.165, 1.54) is 11.1 Å². The molecule has 90 valence electrons. The zero-order chi connectivity index (χ0) is 11.8. The predicted molar refractivity (Wildman–Crippen MR) is 65.3 cm³/mol. The lowest BCUT2D eigenvalue weighted by molar-refractivity contribution is -0.000128. The van der Waals surface area contributed by atoms with Crippen LogP contribution in [0.5, 0.6) is 0 Å². The van der Waals surface area contributed by atoms with Crippen molar-refractivity contribution in [1.82, 2.24) is 0 Å². The Morgan fingerprint density at radius 2 is 1.81 bits per heavy atom. The molecule has 1 rings (SSSR count). The van der Waals surface area contributed by atoms with Gasteiger partial charge in [-0.15, -0.1) is 0 Å². The predicted octanol–water partition coefficient (Wildman–Crippen LogP) is 1.74. The molecule has 0 saturated heterocycles. The van der Waals surface area contributed by atoms with Crippen molar-refractivity contribution in [3.05, 3.63) is 35.4 Å². The van der Waals surface area contributed by atoms with Crippen LogP contribution in [0.4, 0.5) is 0 Å². The Bertz CT molecular complexity index is 284. The molecule has 0 aromatic heterocycles. The van der Waals surface area contributed by atoms with Crippen molar-refractivity contribution in [2.75, 3.05) is 20.3 Å². The quantitative estimate of drug-likeness (QED) is 0.765. The first-order valence-corrected chi connectivity index (χ1v) is 5.64. The Balaban J connectivity index is 2.37. The van der Waals surface area contributed by atoms with Gasteiger partial charge < -0.3 is 15.2 Å². The van der Waals surface area contributed by atoms with E-state index < -0.39 is 0 Å². The first kappa shape index (κ1) is 13.2. The largest absolute Gasteiger partial charge is 0.382 e. The molecule has 0 amide bonds. The highest BCUT2D eigenvalue weighted by Gasteiger charge is 2.01. The van der Waals surface area contributed by atoms with Crippen molar-refractivity contribution in [2.24, 2.45) is 5.73 Å². The third kappa shape index (κ3) is 4.75. The highest BCUT2D eigenvalue weighted by molar-refractivity contribution is 5.22. The first-order valence-electron chi connectivity index (χ1n) is 5.64. The summed E-state index contributed by atoms with van der Waals surface area (Å²) in [5.74, 6) is 0. The second-order valence-corrected chi connectivity index (χ2v) is 3.93. The van der Waals surface area contributed by atoms with Crippen molar-refractivity contribution < 1.29 is 9.47 Å². The van der Waals surface area contributed by atoms with Gasteiger partial charge in [-0.25, -0.2) is 0 Å². The van der Waals surface area contributed by atoms with Crippen LogP contribution in [-0.2, 0) is 22.5 Å². The standard InChI is InChI=1S/C13H21NO2/c1-11(9-15-2)16-10-13-5-3-12(4-6-13)7-8-14/h3-6,11H,7-10,14H2,1-2H3. The third-order valence-electron chi connectivity index (χ3n) is 2.39. The zero-order valence-electron chi connectivity index (χ0n) is 10.1. The first-order chi connectivity index (χ1) is 7.76. The Morgan fingerprint density at radius 3 is 2.38 bits per heavy atom. The minimum atomic E-state index is 0.133. The van der Waals surface area contributed by atoms with E-state index >= 15 is 0 Å². The van der Waals surface area contributed by atoms with E-state index in [2.05, 4.69) is 24.3 Å². The minimum absolute atomic E-state index is 0.133. The molecule has 0 aliphatic rings. The molecule has 16 heavy (non-hydrogen) atoms. The molecule has 1 aromatic rings. The maximum absolute atomic E-state index is 5.62. The highest BCUT2D eigenvalue weighted by atomic mass is 16.5. The monoisotopic (exact) mass is 223 g/mol. The average molecular weight is 223 g/mol. The number of nitrogens with two attached hydrogens (primary N) is 1. The third-order valence-corrected chi connectivity index (χ3v) is 2.39. The molecule has 0 saturated carbocycles. The van der Waals surface area contributed by atoms with E-state index in [0.29, 0.717) is 19.8 Å². The van der Waals surface area contributed by atoms with Crippen LogP contribution in [-0.4, -0.2) is 26.4 Å². The van der Waals surface area contributed by atoms with E-state index in [1.807, 2.05) is 6.92 Å². The summed E-state index contributed by atoms with van der Waals surface area (Å²) in [5.41, 5.74) is 7.95. The van der Waals surface area contributed by atoms with Crippen LogP contribution in [0.15, 0.2) is 24.3 Å². The number of hydrogen-bond acceptors (Lipinski definition) is 3. The summed E-state index contributed by atoms with van der Waals surface area (Å²) in [7, 11) is 1.68. The van der Waals surface area contributed by atoms with Crippen molar-refractivity contribution >= 4 is 0 Å². The van der Waals surface area contributed by atoms with Gasteiger partial charge in [-0.2, -0.15) is 0 Å². The zero-order valence-corrected chi connectivity index (χ0v) is 10.1. The van der Waals surface area contributed by atoms with E-state index in [1.54, 1.807) is 7.11 Å². The number of methoxy groups -OCH3 is 1. The Kier molecular flexibility index (Phi) is 6.08. The highest BCUT2D eigenvalue weighted by Crippen LogP contribution is 2.07. The number of hydrogen-bond donors (Lipinski definition) is 1. The molecule has 0 radical (unpaired) electrons. The summed E-state index contributed by atoms with van der Waals surface area (Å²) in [4.78, 5) is 0. The Hall–Kier alpha value is -0.900. The molecule has 1 unspecified atom stereocenters. The van der Waals surface area contributed by atoms with E-state index in [4.69, 9.17) is 15.2 Å². The van der Waals surface area contributed by atoms with E-state index in [0.717, 1.165) is 6.42 Å². The van der Waals surface area contributed by atoms with Crippen LogP contribution in [0.25, 0.3) is 0 Å². The van der Waals surface area contributed by atoms with Crippen molar-refractivity contribution in [2.45, 2.75) is 26.1 Å². The molecule has 1 atom stereocenters. The number of benzene rings is 1. The maximum atomic E-state index is 5.62. The van der Waals surface area contributed by atoms with Crippen molar-refractivity contribution in [1.29, 1.82) is 0 Å². The van der Waals surface area contributed by atoms with Crippen LogP contribution in [0, 0.1) is 0 Å². The normalized spacial score (nSPS) is 12.7. The van der Waals surface area contributed by atoms with Gasteiger partial charge >= 0.3 is 0 Å². The maximum Gasteiger partial charge on any atom is 0.0784 e. The van der Waals surface area contributed by atoms with Crippen LogP contribution in [0.1, 0.15) is 18.1 Å². The Morgan fingerprint density at radius 1 is 1.19 bits per heavy atom. The summed E-state index contributed by atoms with van der Waals surface area (Å²) in [6, 6.07) is 8.38. The van der Waals surface area contributed by atoms with Gasteiger partial charge in [0.1, 0.15) is 0 Å². The summed E-state index contributed by atoms with van der Waals surface area (Å²) in [6.45, 7) is 3.96. The van der Waals surface area contributed by atoms with Gasteiger partial charge in [-0.3, -0.25) is 0 Å². The molecular formula is C13H21NO2. The molecule has 0 aliphatic heterocycles. The molecule has 3 heteroatoms. The molecule has 2 N–H and O–H groups in total. The van der Waals surface area contributed by atoms with Gasteiger partial charge in [-0.05, 0) is 31.0 Å². The van der Waals surface area contributed by atoms with Crippen LogP contribution in [0.3, 0.4) is 0 Å². The minimum Gasteiger partial charge on any atom is -0.382 e. The lowest BCUT2D eigenvalue weighted by Gasteiger charge is -2.12. The van der Waals surface area contributed by atoms with E-state index in [-0.39, 0.29) is 6.10 Å². The van der Waals surface area contributed by atoms with Crippen LogP contribution >= 0.6 is 0 Å². The molecule has 3 nitrogen and oxygen atoms in total. The summed E-state index contributed by atoms with van der Waals surface area (Å²) in [6.07, 6.45) is 1.06. The molecule has 0 spiro atoms. The van der Waals surface area contributed by atoms with Crippen LogP contribution in [0.2, 0.25) is 0 Å². The molecule has 1 aromatic carbocycles. The molecule has 0 heterocycles. The fourth-order valence-corrected chi connectivity index (χ4v) is 1.49. The summed E-state index contributed by atoms with van der Waals surface area (Å²) in [5, 5.41) is 0.